The summed E-state index contributed by atoms with van der Waals surface area (Å²) in [5, 5.41) is 11.6. The molecule has 0 spiro atoms. The Hall–Kier alpha value is -1.60. The summed E-state index contributed by atoms with van der Waals surface area (Å²) in [5.41, 5.74) is 1.71. The molecule has 0 aromatic heterocycles. The highest BCUT2D eigenvalue weighted by atomic mass is 19.4. The summed E-state index contributed by atoms with van der Waals surface area (Å²) in [6.07, 6.45) is -7.15. The molecule has 0 radical (unpaired) electrons. The number of amides is 1. The lowest BCUT2D eigenvalue weighted by molar-refractivity contribution is -0.207. The summed E-state index contributed by atoms with van der Waals surface area (Å²) >= 11 is 0. The number of nitrogens with one attached hydrogen (secondary N) is 1. The van der Waals surface area contributed by atoms with Crippen LogP contribution in [0.2, 0.25) is 0 Å². The minimum atomic E-state index is -4.68. The van der Waals surface area contributed by atoms with E-state index in [1.54, 1.807) is 12.1 Å². The maximum absolute atomic E-state index is 12.2. The van der Waals surface area contributed by atoms with Gasteiger partial charge < -0.3 is 10.4 Å². The van der Waals surface area contributed by atoms with Gasteiger partial charge in [-0.3, -0.25) is 9.69 Å². The highest BCUT2D eigenvalue weighted by Crippen LogP contribution is 2.20. The van der Waals surface area contributed by atoms with Gasteiger partial charge in [-0.25, -0.2) is 0 Å². The molecule has 0 bridgehead atoms. The first kappa shape index (κ1) is 18.4. The molecule has 4 nitrogen and oxygen atoms in total. The van der Waals surface area contributed by atoms with Gasteiger partial charge in [0.1, 0.15) is 0 Å². The minimum Gasteiger partial charge on any atom is -0.382 e. The molecular formula is C15H21F3N2O2. The SMILES string of the molecule is CC(C)c1ccc(NC(=O)CN(C)CC(O)C(F)(F)F)cc1. The fourth-order valence-corrected chi connectivity index (χ4v) is 1.86. The quantitative estimate of drug-likeness (QED) is 0.848. The number of carbonyl (C=O) groups excluding carboxylic acids is 1. The molecule has 0 fully saturated rings. The predicted octanol–water partition coefficient (Wildman–Crippen LogP) is 2.60. The van der Waals surface area contributed by atoms with Crippen LogP contribution in [-0.4, -0.2) is 48.3 Å². The molecule has 2 N–H and O–H groups in total. The molecule has 0 aliphatic rings. The van der Waals surface area contributed by atoms with Crippen molar-refractivity contribution >= 4 is 11.6 Å². The fourth-order valence-electron chi connectivity index (χ4n) is 1.86. The number of aliphatic hydroxyl groups is 1. The van der Waals surface area contributed by atoms with Gasteiger partial charge in [-0.15, -0.1) is 0 Å². The van der Waals surface area contributed by atoms with E-state index in [-0.39, 0.29) is 6.54 Å². The standard InChI is InChI=1S/C15H21F3N2O2/c1-10(2)11-4-6-12(7-5-11)19-14(22)9-20(3)8-13(21)15(16,17)18/h4-7,10,13,21H,8-9H2,1-3H3,(H,19,22). The van der Waals surface area contributed by atoms with Crippen LogP contribution in [-0.2, 0) is 4.79 Å². The van der Waals surface area contributed by atoms with E-state index in [2.05, 4.69) is 19.2 Å². The first-order chi connectivity index (χ1) is 10.1. The predicted molar refractivity (Wildman–Crippen MR) is 78.7 cm³/mol. The second-order valence-corrected chi connectivity index (χ2v) is 5.58. The molecule has 0 saturated carbocycles. The summed E-state index contributed by atoms with van der Waals surface area (Å²) in [6, 6.07) is 7.27. The van der Waals surface area contributed by atoms with Crippen molar-refractivity contribution in [2.24, 2.45) is 0 Å². The number of aliphatic hydroxyl groups excluding tert-OH is 1. The van der Waals surface area contributed by atoms with Crippen LogP contribution in [0.5, 0.6) is 0 Å². The van der Waals surface area contributed by atoms with Crippen molar-refractivity contribution in [2.75, 3.05) is 25.5 Å². The maximum Gasteiger partial charge on any atom is 0.415 e. The van der Waals surface area contributed by atoms with E-state index in [4.69, 9.17) is 5.11 Å². The molecule has 0 aliphatic heterocycles. The highest BCUT2D eigenvalue weighted by Gasteiger charge is 2.38. The fraction of sp³-hybridized carbons (Fsp3) is 0.533. The van der Waals surface area contributed by atoms with Crippen molar-refractivity contribution in [1.29, 1.82) is 0 Å². The molecule has 1 atom stereocenters. The molecule has 1 aromatic carbocycles. The smallest absolute Gasteiger partial charge is 0.382 e. The first-order valence-electron chi connectivity index (χ1n) is 6.92. The second kappa shape index (κ2) is 7.60. The average Bonchev–Trinajstić information content (AvgIpc) is 2.37. The third kappa shape index (κ3) is 6.03. The Balaban J connectivity index is 2.48. The Morgan fingerprint density at radius 2 is 1.82 bits per heavy atom. The largest absolute Gasteiger partial charge is 0.415 e. The monoisotopic (exact) mass is 318 g/mol. The zero-order chi connectivity index (χ0) is 16.9. The van der Waals surface area contributed by atoms with Gasteiger partial charge in [0, 0.05) is 12.2 Å². The Morgan fingerprint density at radius 1 is 1.27 bits per heavy atom. The number of rotatable bonds is 6. The Morgan fingerprint density at radius 3 is 2.27 bits per heavy atom. The Bertz CT molecular complexity index is 487. The van der Waals surface area contributed by atoms with Crippen LogP contribution in [0.15, 0.2) is 24.3 Å². The van der Waals surface area contributed by atoms with E-state index in [9.17, 15) is 18.0 Å². The third-order valence-electron chi connectivity index (χ3n) is 3.14. The molecule has 7 heteroatoms. The van der Waals surface area contributed by atoms with Crippen molar-refractivity contribution in [3.63, 3.8) is 0 Å². The van der Waals surface area contributed by atoms with Crippen LogP contribution in [0.25, 0.3) is 0 Å². The molecule has 0 heterocycles. The van der Waals surface area contributed by atoms with E-state index in [0.29, 0.717) is 11.6 Å². The van der Waals surface area contributed by atoms with Gasteiger partial charge in [0.15, 0.2) is 6.10 Å². The first-order valence-corrected chi connectivity index (χ1v) is 6.92. The lowest BCUT2D eigenvalue weighted by Crippen LogP contribution is -2.42. The summed E-state index contributed by atoms with van der Waals surface area (Å²) < 4.78 is 36.7. The van der Waals surface area contributed by atoms with Gasteiger partial charge in [0.25, 0.3) is 0 Å². The number of hydrogen-bond donors (Lipinski definition) is 2. The third-order valence-corrected chi connectivity index (χ3v) is 3.14. The van der Waals surface area contributed by atoms with Crippen LogP contribution in [0.4, 0.5) is 18.9 Å². The molecule has 124 valence electrons. The number of carbonyl (C=O) groups is 1. The van der Waals surface area contributed by atoms with E-state index < -0.39 is 24.7 Å². The van der Waals surface area contributed by atoms with Gasteiger partial charge >= 0.3 is 6.18 Å². The van der Waals surface area contributed by atoms with Crippen molar-refractivity contribution in [1.82, 2.24) is 4.90 Å². The Labute approximate surface area is 127 Å². The van der Waals surface area contributed by atoms with Crippen LogP contribution < -0.4 is 5.32 Å². The number of halogens is 3. The zero-order valence-electron chi connectivity index (χ0n) is 12.8. The van der Waals surface area contributed by atoms with E-state index in [1.165, 1.54) is 7.05 Å². The van der Waals surface area contributed by atoms with Gasteiger partial charge in [0.2, 0.25) is 5.91 Å². The van der Waals surface area contributed by atoms with Gasteiger partial charge in [-0.2, -0.15) is 13.2 Å². The van der Waals surface area contributed by atoms with Gasteiger partial charge in [0.05, 0.1) is 6.54 Å². The molecule has 1 rings (SSSR count). The molecule has 0 saturated heterocycles. The number of anilines is 1. The second-order valence-electron chi connectivity index (χ2n) is 5.58. The van der Waals surface area contributed by atoms with Gasteiger partial charge in [-0.05, 0) is 30.7 Å². The molecule has 1 aromatic rings. The summed E-state index contributed by atoms with van der Waals surface area (Å²) in [7, 11) is 1.34. The average molecular weight is 318 g/mol. The van der Waals surface area contributed by atoms with Crippen LogP contribution in [0.3, 0.4) is 0 Å². The zero-order valence-corrected chi connectivity index (χ0v) is 12.8. The Kier molecular flexibility index (Phi) is 6.37. The van der Waals surface area contributed by atoms with Crippen LogP contribution >= 0.6 is 0 Å². The van der Waals surface area contributed by atoms with Crippen molar-refractivity contribution in [3.8, 4) is 0 Å². The number of benzene rings is 1. The van der Waals surface area contributed by atoms with E-state index in [1.807, 2.05) is 12.1 Å². The number of nitrogens with zero attached hydrogens (tertiary/aromatic N) is 1. The maximum atomic E-state index is 12.2. The molecule has 0 aliphatic carbocycles. The number of alkyl halides is 3. The van der Waals surface area contributed by atoms with Crippen molar-refractivity contribution in [3.05, 3.63) is 29.8 Å². The van der Waals surface area contributed by atoms with E-state index in [0.717, 1.165) is 10.5 Å². The van der Waals surface area contributed by atoms with Crippen molar-refractivity contribution in [2.45, 2.75) is 32.0 Å². The molecule has 1 unspecified atom stereocenters. The van der Waals surface area contributed by atoms with E-state index >= 15 is 0 Å². The van der Waals surface area contributed by atoms with Crippen LogP contribution in [0.1, 0.15) is 25.3 Å². The molecule has 1 amide bonds. The molecular weight excluding hydrogens is 297 g/mol. The van der Waals surface area contributed by atoms with Gasteiger partial charge in [-0.1, -0.05) is 26.0 Å². The summed E-state index contributed by atoms with van der Waals surface area (Å²) in [5.74, 6) is -0.0612. The topological polar surface area (TPSA) is 52.6 Å². The lowest BCUT2D eigenvalue weighted by Gasteiger charge is -2.21. The van der Waals surface area contributed by atoms with Crippen molar-refractivity contribution < 1.29 is 23.1 Å². The number of likely N-dealkylation sites (N-methyl/N-ethyl adjacent to an activating group) is 1. The summed E-state index contributed by atoms with van der Waals surface area (Å²) in [4.78, 5) is 12.9. The normalized spacial score (nSPS) is 13.5. The minimum absolute atomic E-state index is 0.237. The highest BCUT2D eigenvalue weighted by molar-refractivity contribution is 5.92. The van der Waals surface area contributed by atoms with Crippen LogP contribution in [0, 0.1) is 0 Å². The number of hydrogen-bond acceptors (Lipinski definition) is 3. The molecule has 22 heavy (non-hydrogen) atoms. The summed E-state index contributed by atoms with van der Waals surface area (Å²) in [6.45, 7) is 3.21. The lowest BCUT2D eigenvalue weighted by atomic mass is 10.0.